The number of likely N-dealkylation sites (N-methyl/N-ethyl adjacent to an activating group) is 1. The van der Waals surface area contributed by atoms with Crippen molar-refractivity contribution in [1.82, 2.24) is 0 Å². The average Bonchev–Trinajstić information content (AvgIpc) is 3.25. The molecule has 2 atom stereocenters. The van der Waals surface area contributed by atoms with Gasteiger partial charge < -0.3 is 27.9 Å². The van der Waals surface area contributed by atoms with E-state index in [1.54, 1.807) is 0 Å². The van der Waals surface area contributed by atoms with Crippen molar-refractivity contribution < 1.29 is 37.3 Å². The van der Waals surface area contributed by atoms with E-state index >= 15 is 0 Å². The Morgan fingerprint density at radius 2 is 0.859 bits per heavy atom. The first-order valence-electron chi connectivity index (χ1n) is 26.9. The largest absolute Gasteiger partial charge is 0.756 e. The highest BCUT2D eigenvalue weighted by atomic mass is 31.2. The number of carbonyl (C=O) groups excluding carboxylic acids is 1. The van der Waals surface area contributed by atoms with E-state index in [0.717, 1.165) is 57.8 Å². The number of ether oxygens (including phenoxy) is 2. The molecule has 0 spiro atoms. The van der Waals surface area contributed by atoms with E-state index in [1.165, 1.54) is 161 Å². The summed E-state index contributed by atoms with van der Waals surface area (Å²) < 4.78 is 34.8. The normalized spacial score (nSPS) is 13.9. The number of rotatable bonds is 50. The van der Waals surface area contributed by atoms with Gasteiger partial charge in [-0.2, -0.15) is 0 Å². The fourth-order valence-electron chi connectivity index (χ4n) is 7.43. The van der Waals surface area contributed by atoms with Gasteiger partial charge in [0, 0.05) is 13.0 Å². The molecule has 0 aromatic rings. The Hall–Kier alpha value is -1.54. The Labute approximate surface area is 397 Å². The molecule has 0 aliphatic heterocycles. The Morgan fingerprint density at radius 3 is 1.28 bits per heavy atom. The van der Waals surface area contributed by atoms with Gasteiger partial charge in [0.1, 0.15) is 19.3 Å². The zero-order valence-corrected chi connectivity index (χ0v) is 43.6. The van der Waals surface area contributed by atoms with Crippen LogP contribution in [0.3, 0.4) is 0 Å². The smallest absolute Gasteiger partial charge is 0.306 e. The van der Waals surface area contributed by atoms with Crippen LogP contribution in [-0.4, -0.2) is 70.7 Å². The van der Waals surface area contributed by atoms with Crippen molar-refractivity contribution in [3.8, 4) is 0 Å². The van der Waals surface area contributed by atoms with E-state index in [0.29, 0.717) is 24.1 Å². The summed E-state index contributed by atoms with van der Waals surface area (Å²) in [7, 11) is 1.35. The quantitative estimate of drug-likeness (QED) is 0.0197. The summed E-state index contributed by atoms with van der Waals surface area (Å²) in [5.74, 6) is -0.337. The molecule has 9 heteroatoms. The van der Waals surface area contributed by atoms with Crippen LogP contribution in [0.1, 0.15) is 239 Å². The third kappa shape index (κ3) is 51.4. The van der Waals surface area contributed by atoms with Gasteiger partial charge in [-0.3, -0.25) is 9.36 Å². The van der Waals surface area contributed by atoms with Crippen LogP contribution in [0.5, 0.6) is 0 Å². The number of phosphoric acid groups is 1. The van der Waals surface area contributed by atoms with Crippen LogP contribution >= 0.6 is 7.82 Å². The minimum Gasteiger partial charge on any atom is -0.756 e. The van der Waals surface area contributed by atoms with Crippen LogP contribution in [0.4, 0.5) is 0 Å². The van der Waals surface area contributed by atoms with Crippen molar-refractivity contribution in [2.75, 3.05) is 54.1 Å². The SMILES string of the molecule is CCCCCC/C=C\C/C=C\CCCCCCCCOCC(COP(=O)([O-])OCC[N+](C)(C)C)OC(=O)CCCCCCCCCCCCCCC/C=C\C/C=C\CCCCCCC. The first-order valence-corrected chi connectivity index (χ1v) is 28.3. The lowest BCUT2D eigenvalue weighted by Crippen LogP contribution is -2.37. The molecule has 0 aliphatic rings. The van der Waals surface area contributed by atoms with Gasteiger partial charge in [0.25, 0.3) is 7.82 Å². The maximum absolute atomic E-state index is 12.8. The highest BCUT2D eigenvalue weighted by molar-refractivity contribution is 7.45. The second-order valence-electron chi connectivity index (χ2n) is 19.2. The molecule has 2 unspecified atom stereocenters. The van der Waals surface area contributed by atoms with Crippen molar-refractivity contribution in [3.05, 3.63) is 48.6 Å². The maximum Gasteiger partial charge on any atom is 0.306 e. The van der Waals surface area contributed by atoms with Gasteiger partial charge in [-0.15, -0.1) is 0 Å². The first-order chi connectivity index (χ1) is 31.1. The molecule has 8 nitrogen and oxygen atoms in total. The van der Waals surface area contributed by atoms with Crippen LogP contribution in [0, 0.1) is 0 Å². The molecule has 0 heterocycles. The summed E-state index contributed by atoms with van der Waals surface area (Å²) in [4.78, 5) is 25.2. The molecular formula is C55H104NO7P. The van der Waals surface area contributed by atoms with E-state index in [2.05, 4.69) is 62.5 Å². The Kier molecular flexibility index (Phi) is 46.8. The van der Waals surface area contributed by atoms with E-state index in [4.69, 9.17) is 18.5 Å². The average molecular weight is 922 g/mol. The molecule has 0 amide bonds. The second-order valence-corrected chi connectivity index (χ2v) is 20.6. The minimum atomic E-state index is -4.53. The van der Waals surface area contributed by atoms with Crippen molar-refractivity contribution in [3.63, 3.8) is 0 Å². The van der Waals surface area contributed by atoms with Crippen LogP contribution in [0.2, 0.25) is 0 Å². The third-order valence-electron chi connectivity index (χ3n) is 11.6. The highest BCUT2D eigenvalue weighted by Crippen LogP contribution is 2.38. The van der Waals surface area contributed by atoms with Gasteiger partial charge in [-0.05, 0) is 77.0 Å². The number of quaternary nitrogens is 1. The molecule has 0 fully saturated rings. The summed E-state index contributed by atoms with van der Waals surface area (Å²) in [5, 5.41) is 0. The fraction of sp³-hybridized carbons (Fsp3) is 0.836. The standard InChI is InChI=1S/C55H104NO7P/c1-6-8-10-12-14-16-18-20-22-24-25-26-27-28-29-30-31-32-34-36-38-40-42-44-46-48-55(57)63-54(53-62-64(58,59)61-51-49-56(3,4)5)52-60-50-47-45-43-41-39-37-35-33-23-21-19-17-15-13-11-9-7-2/h17-20,23-25,33,54H,6-16,21-22,26-32,34-53H2,1-5H3/b19-17-,20-18-,25-24-,33-23-. The molecule has 0 rings (SSSR count). The molecule has 0 saturated carbocycles. The molecule has 0 aromatic heterocycles. The zero-order chi connectivity index (χ0) is 46.9. The number of phosphoric ester groups is 1. The lowest BCUT2D eigenvalue weighted by molar-refractivity contribution is -0.870. The molecule has 0 aliphatic carbocycles. The van der Waals surface area contributed by atoms with Crippen LogP contribution in [-0.2, 0) is 27.9 Å². The minimum absolute atomic E-state index is 0.0232. The van der Waals surface area contributed by atoms with Crippen molar-refractivity contribution in [2.45, 2.75) is 245 Å². The molecule has 0 saturated heterocycles. The van der Waals surface area contributed by atoms with Gasteiger partial charge in [0.05, 0.1) is 34.4 Å². The fourth-order valence-corrected chi connectivity index (χ4v) is 8.16. The Bertz CT molecular complexity index is 1160. The lowest BCUT2D eigenvalue weighted by atomic mass is 10.0. The zero-order valence-electron chi connectivity index (χ0n) is 42.7. The van der Waals surface area contributed by atoms with E-state index in [9.17, 15) is 14.3 Å². The molecule has 0 bridgehead atoms. The monoisotopic (exact) mass is 922 g/mol. The number of allylic oxidation sites excluding steroid dienone is 8. The van der Waals surface area contributed by atoms with E-state index < -0.39 is 13.9 Å². The van der Waals surface area contributed by atoms with Crippen molar-refractivity contribution >= 4 is 13.8 Å². The number of unbranched alkanes of at least 4 members (excludes halogenated alkanes) is 28. The molecular weight excluding hydrogens is 818 g/mol. The number of nitrogens with zero attached hydrogens (tertiary/aromatic N) is 1. The molecule has 376 valence electrons. The molecule has 0 aromatic carbocycles. The number of hydrogen-bond donors (Lipinski definition) is 0. The van der Waals surface area contributed by atoms with Gasteiger partial charge in [-0.1, -0.05) is 204 Å². The summed E-state index contributed by atoms with van der Waals surface area (Å²) >= 11 is 0. The Balaban J connectivity index is 4.10. The summed E-state index contributed by atoms with van der Waals surface area (Å²) in [6, 6.07) is 0. The first kappa shape index (κ1) is 62.5. The van der Waals surface area contributed by atoms with Crippen molar-refractivity contribution in [1.29, 1.82) is 0 Å². The van der Waals surface area contributed by atoms with Gasteiger partial charge in [0.2, 0.25) is 0 Å². The summed E-state index contributed by atoms with van der Waals surface area (Å²) in [6.45, 7) is 5.39. The third-order valence-corrected chi connectivity index (χ3v) is 12.6. The van der Waals surface area contributed by atoms with Crippen LogP contribution in [0.15, 0.2) is 48.6 Å². The predicted octanol–water partition coefficient (Wildman–Crippen LogP) is 16.0. The van der Waals surface area contributed by atoms with Gasteiger partial charge in [-0.25, -0.2) is 0 Å². The second kappa shape index (κ2) is 47.9. The topological polar surface area (TPSA) is 94.1 Å². The van der Waals surface area contributed by atoms with Crippen molar-refractivity contribution in [2.24, 2.45) is 0 Å². The van der Waals surface area contributed by atoms with E-state index in [1.807, 2.05) is 21.1 Å². The maximum atomic E-state index is 12.8. The van der Waals surface area contributed by atoms with Gasteiger partial charge in [0.15, 0.2) is 0 Å². The number of esters is 1. The Morgan fingerprint density at radius 1 is 0.484 bits per heavy atom. The number of hydrogen-bond acceptors (Lipinski definition) is 7. The summed E-state index contributed by atoms with van der Waals surface area (Å²) in [6.07, 6.45) is 59.9. The van der Waals surface area contributed by atoms with Gasteiger partial charge >= 0.3 is 5.97 Å². The van der Waals surface area contributed by atoms with E-state index in [-0.39, 0.29) is 25.8 Å². The molecule has 64 heavy (non-hydrogen) atoms. The predicted molar refractivity (Wildman–Crippen MR) is 273 cm³/mol. The molecule has 0 N–H and O–H groups in total. The van der Waals surface area contributed by atoms with Crippen LogP contribution < -0.4 is 4.89 Å². The lowest BCUT2D eigenvalue weighted by Gasteiger charge is -2.28. The summed E-state index contributed by atoms with van der Waals surface area (Å²) in [5.41, 5.74) is 0. The molecule has 0 radical (unpaired) electrons. The number of carbonyl (C=O) groups is 1. The van der Waals surface area contributed by atoms with Crippen LogP contribution in [0.25, 0.3) is 0 Å². The highest BCUT2D eigenvalue weighted by Gasteiger charge is 2.20.